The molecule has 20 heavy (non-hydrogen) atoms. The molecule has 2 rings (SSSR count). The van der Waals surface area contributed by atoms with Crippen molar-refractivity contribution in [2.45, 2.75) is 11.6 Å². The van der Waals surface area contributed by atoms with E-state index in [1.54, 1.807) is 23.9 Å². The maximum Gasteiger partial charge on any atom is 0.313 e. The molecular weight excluding hydrogens is 300 g/mol. The minimum absolute atomic E-state index is 0.0221. The second-order valence-corrected chi connectivity index (χ2v) is 5.41. The highest BCUT2D eigenvalue weighted by Gasteiger charge is 2.11. The van der Waals surface area contributed by atoms with Crippen LogP contribution in [-0.4, -0.2) is 33.7 Å². The van der Waals surface area contributed by atoms with E-state index in [0.29, 0.717) is 11.6 Å². The van der Waals surface area contributed by atoms with E-state index in [1.165, 1.54) is 11.8 Å². The van der Waals surface area contributed by atoms with Crippen LogP contribution in [0, 0.1) is 0 Å². The number of carboxylic acid groups (broad SMARTS) is 1. The number of thioether (sulfide) groups is 1. The maximum absolute atomic E-state index is 10.7. The van der Waals surface area contributed by atoms with E-state index >= 15 is 0 Å². The molecule has 0 bridgehead atoms. The van der Waals surface area contributed by atoms with Crippen LogP contribution in [0.15, 0.2) is 35.4 Å². The SMILES string of the molecule is COCc1cc(SCC(=O)O)n(-c2ccc(Cl)cc2)n1. The van der Waals surface area contributed by atoms with Crippen molar-refractivity contribution in [3.63, 3.8) is 0 Å². The molecule has 0 saturated carbocycles. The quantitative estimate of drug-likeness (QED) is 0.831. The van der Waals surface area contributed by atoms with Gasteiger partial charge in [-0.15, -0.1) is 0 Å². The van der Waals surface area contributed by atoms with Crippen LogP contribution in [-0.2, 0) is 16.1 Å². The van der Waals surface area contributed by atoms with Crippen LogP contribution in [0.4, 0.5) is 0 Å². The highest BCUT2D eigenvalue weighted by molar-refractivity contribution is 7.99. The molecule has 0 aliphatic carbocycles. The number of carboxylic acids is 1. The van der Waals surface area contributed by atoms with Gasteiger partial charge in [0.25, 0.3) is 0 Å². The summed E-state index contributed by atoms with van der Waals surface area (Å²) in [5.41, 5.74) is 1.57. The van der Waals surface area contributed by atoms with Gasteiger partial charge in [-0.3, -0.25) is 4.79 Å². The Labute approximate surface area is 125 Å². The molecule has 5 nitrogen and oxygen atoms in total. The van der Waals surface area contributed by atoms with Crippen LogP contribution in [0.1, 0.15) is 5.69 Å². The zero-order valence-corrected chi connectivity index (χ0v) is 12.3. The number of halogens is 1. The molecule has 0 aliphatic rings. The summed E-state index contributed by atoms with van der Waals surface area (Å²) in [6, 6.07) is 9.01. The molecule has 0 radical (unpaired) electrons. The van der Waals surface area contributed by atoms with E-state index < -0.39 is 5.97 Å². The Balaban J connectivity index is 2.33. The molecule has 0 aliphatic heterocycles. The molecule has 0 saturated heterocycles. The van der Waals surface area contributed by atoms with Gasteiger partial charge in [-0.2, -0.15) is 5.10 Å². The molecule has 7 heteroatoms. The van der Waals surface area contributed by atoms with Crippen LogP contribution < -0.4 is 0 Å². The third-order valence-electron chi connectivity index (χ3n) is 2.43. The van der Waals surface area contributed by atoms with Gasteiger partial charge in [0.15, 0.2) is 0 Å². The molecule has 0 fully saturated rings. The molecule has 1 aromatic carbocycles. The van der Waals surface area contributed by atoms with Crippen molar-refractivity contribution in [1.82, 2.24) is 9.78 Å². The van der Waals surface area contributed by atoms with Crippen molar-refractivity contribution in [3.8, 4) is 5.69 Å². The minimum atomic E-state index is -0.868. The molecule has 0 atom stereocenters. The Hall–Kier alpha value is -1.50. The number of methoxy groups -OCH3 is 1. The predicted octanol–water partition coefficient (Wildman–Crippen LogP) is 2.85. The fourth-order valence-corrected chi connectivity index (χ4v) is 2.52. The Morgan fingerprint density at radius 2 is 2.15 bits per heavy atom. The lowest BCUT2D eigenvalue weighted by Gasteiger charge is -2.06. The van der Waals surface area contributed by atoms with Crippen molar-refractivity contribution in [2.24, 2.45) is 0 Å². The zero-order chi connectivity index (χ0) is 14.5. The average molecular weight is 313 g/mol. The van der Waals surface area contributed by atoms with Gasteiger partial charge in [0.2, 0.25) is 0 Å². The Bertz CT molecular complexity index is 598. The summed E-state index contributed by atoms with van der Waals surface area (Å²) in [5.74, 6) is -0.890. The highest BCUT2D eigenvalue weighted by atomic mass is 35.5. The highest BCUT2D eigenvalue weighted by Crippen LogP contribution is 2.24. The number of hydrogen-bond acceptors (Lipinski definition) is 4. The fraction of sp³-hybridized carbons (Fsp3) is 0.231. The van der Waals surface area contributed by atoms with Crippen molar-refractivity contribution in [1.29, 1.82) is 0 Å². The second-order valence-electron chi connectivity index (χ2n) is 3.98. The summed E-state index contributed by atoms with van der Waals surface area (Å²) < 4.78 is 6.75. The number of carbonyl (C=O) groups is 1. The summed E-state index contributed by atoms with van der Waals surface area (Å²) in [6.45, 7) is 0.376. The molecule has 0 amide bonds. The summed E-state index contributed by atoms with van der Waals surface area (Å²) in [4.78, 5) is 10.7. The number of nitrogens with zero attached hydrogens (tertiary/aromatic N) is 2. The standard InChI is InChI=1S/C13H13ClN2O3S/c1-19-7-10-6-12(20-8-13(17)18)16(15-10)11-4-2-9(14)3-5-11/h2-6H,7-8H2,1H3,(H,17,18). The smallest absolute Gasteiger partial charge is 0.313 e. The second kappa shape index (κ2) is 6.78. The summed E-state index contributed by atoms with van der Waals surface area (Å²) >= 11 is 7.08. The van der Waals surface area contributed by atoms with Crippen LogP contribution in [0.3, 0.4) is 0 Å². The maximum atomic E-state index is 10.7. The lowest BCUT2D eigenvalue weighted by molar-refractivity contribution is -0.133. The number of aliphatic carboxylic acids is 1. The van der Waals surface area contributed by atoms with E-state index in [2.05, 4.69) is 5.10 Å². The molecule has 1 heterocycles. The van der Waals surface area contributed by atoms with E-state index in [0.717, 1.165) is 16.4 Å². The summed E-state index contributed by atoms with van der Waals surface area (Å²) in [5, 5.41) is 14.6. The van der Waals surface area contributed by atoms with Gasteiger partial charge in [-0.25, -0.2) is 4.68 Å². The monoisotopic (exact) mass is 312 g/mol. The van der Waals surface area contributed by atoms with Gasteiger partial charge in [0.1, 0.15) is 5.03 Å². The first-order valence-corrected chi connectivity index (χ1v) is 7.15. The van der Waals surface area contributed by atoms with Gasteiger partial charge in [0.05, 0.1) is 23.7 Å². The van der Waals surface area contributed by atoms with Gasteiger partial charge < -0.3 is 9.84 Å². The molecule has 1 aromatic heterocycles. The summed E-state index contributed by atoms with van der Waals surface area (Å²) in [7, 11) is 1.59. The number of aromatic nitrogens is 2. The number of ether oxygens (including phenoxy) is 1. The van der Waals surface area contributed by atoms with Gasteiger partial charge in [-0.1, -0.05) is 23.4 Å². The number of hydrogen-bond donors (Lipinski definition) is 1. The first kappa shape index (κ1) is 14.9. The normalized spacial score (nSPS) is 10.7. The molecule has 106 valence electrons. The molecule has 2 aromatic rings. The van der Waals surface area contributed by atoms with Crippen molar-refractivity contribution < 1.29 is 14.6 Å². The Morgan fingerprint density at radius 1 is 1.45 bits per heavy atom. The van der Waals surface area contributed by atoms with Gasteiger partial charge in [0, 0.05) is 12.1 Å². The van der Waals surface area contributed by atoms with Gasteiger partial charge >= 0.3 is 5.97 Å². The van der Waals surface area contributed by atoms with E-state index in [-0.39, 0.29) is 5.75 Å². The fourth-order valence-electron chi connectivity index (χ4n) is 1.63. The zero-order valence-electron chi connectivity index (χ0n) is 10.7. The van der Waals surface area contributed by atoms with Crippen LogP contribution >= 0.6 is 23.4 Å². The predicted molar refractivity (Wildman–Crippen MR) is 77.6 cm³/mol. The van der Waals surface area contributed by atoms with Crippen molar-refractivity contribution >= 4 is 29.3 Å². The molecule has 0 unspecified atom stereocenters. The van der Waals surface area contributed by atoms with Crippen LogP contribution in [0.25, 0.3) is 5.69 Å². The van der Waals surface area contributed by atoms with Gasteiger partial charge in [-0.05, 0) is 30.3 Å². The average Bonchev–Trinajstić information content (AvgIpc) is 2.81. The van der Waals surface area contributed by atoms with Crippen molar-refractivity contribution in [3.05, 3.63) is 41.0 Å². The Kier molecular flexibility index (Phi) is 5.05. The topological polar surface area (TPSA) is 64.3 Å². The first-order valence-electron chi connectivity index (χ1n) is 5.78. The molecule has 1 N–H and O–H groups in total. The largest absolute Gasteiger partial charge is 0.481 e. The molecular formula is C13H13ClN2O3S. The minimum Gasteiger partial charge on any atom is -0.481 e. The van der Waals surface area contributed by atoms with Crippen LogP contribution in [0.2, 0.25) is 5.02 Å². The number of benzene rings is 1. The van der Waals surface area contributed by atoms with E-state index in [1.807, 2.05) is 18.2 Å². The molecule has 0 spiro atoms. The van der Waals surface area contributed by atoms with Crippen LogP contribution in [0.5, 0.6) is 0 Å². The van der Waals surface area contributed by atoms with E-state index in [9.17, 15) is 4.79 Å². The summed E-state index contributed by atoms with van der Waals surface area (Å²) in [6.07, 6.45) is 0. The first-order chi connectivity index (χ1) is 9.60. The number of rotatable bonds is 6. The third kappa shape index (κ3) is 3.75. The van der Waals surface area contributed by atoms with E-state index in [4.69, 9.17) is 21.4 Å². The Morgan fingerprint density at radius 3 is 2.75 bits per heavy atom. The van der Waals surface area contributed by atoms with Crippen molar-refractivity contribution in [2.75, 3.05) is 12.9 Å². The lowest BCUT2D eigenvalue weighted by atomic mass is 10.3. The lowest BCUT2D eigenvalue weighted by Crippen LogP contribution is -2.02. The third-order valence-corrected chi connectivity index (χ3v) is 3.66.